The minimum atomic E-state index is -3.56. The largest absolute Gasteiger partial charge is 0.494 e. The van der Waals surface area contributed by atoms with Gasteiger partial charge >= 0.3 is 5.92 Å². The van der Waals surface area contributed by atoms with E-state index in [1.54, 1.807) is 18.0 Å². The van der Waals surface area contributed by atoms with E-state index < -0.39 is 18.4 Å². The zero-order valence-electron chi connectivity index (χ0n) is 23.3. The van der Waals surface area contributed by atoms with Crippen molar-refractivity contribution in [2.45, 2.75) is 37.6 Å². The highest BCUT2D eigenvalue weighted by atomic mass is 19.3. The molecular formula is C27H36F2N8O3. The summed E-state index contributed by atoms with van der Waals surface area (Å²) in [4.78, 5) is 41.4. The molecule has 1 aromatic heterocycles. The minimum absolute atomic E-state index is 0.143. The number of hydrogen-bond donors (Lipinski definition) is 2. The number of nitrogens with one attached hydrogen (secondary N) is 2. The summed E-state index contributed by atoms with van der Waals surface area (Å²) in [5, 5.41) is 5.84. The third-order valence-electron chi connectivity index (χ3n) is 8.00. The number of hydrogen-bond acceptors (Lipinski definition) is 9. The van der Waals surface area contributed by atoms with Gasteiger partial charge in [0.05, 0.1) is 31.1 Å². The third-order valence-corrected chi connectivity index (χ3v) is 8.00. The molecule has 0 bridgehead atoms. The Morgan fingerprint density at radius 2 is 1.82 bits per heavy atom. The topological polar surface area (TPSA) is 106 Å². The molecule has 0 spiro atoms. The van der Waals surface area contributed by atoms with Crippen LogP contribution in [0.15, 0.2) is 18.3 Å². The summed E-state index contributed by atoms with van der Waals surface area (Å²) in [5.74, 6) is -4.43. The molecule has 216 valence electrons. The number of amides is 2. The average Bonchev–Trinajstić information content (AvgIpc) is 3.47. The van der Waals surface area contributed by atoms with Gasteiger partial charge in [0.25, 0.3) is 11.8 Å². The summed E-state index contributed by atoms with van der Waals surface area (Å²) in [5.41, 5.74) is 1.87. The predicted molar refractivity (Wildman–Crippen MR) is 149 cm³/mol. The second-order valence-electron chi connectivity index (χ2n) is 10.6. The van der Waals surface area contributed by atoms with E-state index in [2.05, 4.69) is 37.4 Å². The van der Waals surface area contributed by atoms with Crippen molar-refractivity contribution in [3.63, 3.8) is 0 Å². The van der Waals surface area contributed by atoms with E-state index in [-0.39, 0.29) is 29.4 Å². The summed E-state index contributed by atoms with van der Waals surface area (Å²) >= 11 is 0. The molecule has 13 heteroatoms. The van der Waals surface area contributed by atoms with Crippen LogP contribution in [0.1, 0.15) is 36.0 Å². The monoisotopic (exact) mass is 558 g/mol. The lowest BCUT2D eigenvalue weighted by Gasteiger charge is -2.34. The summed E-state index contributed by atoms with van der Waals surface area (Å²) in [6.07, 6.45) is 4.75. The summed E-state index contributed by atoms with van der Waals surface area (Å²) < 4.78 is 35.6. The van der Waals surface area contributed by atoms with E-state index >= 15 is 0 Å². The fourth-order valence-corrected chi connectivity index (χ4v) is 5.70. The lowest BCUT2D eigenvalue weighted by atomic mass is 10.1. The van der Waals surface area contributed by atoms with Crippen molar-refractivity contribution in [1.29, 1.82) is 0 Å². The Bertz CT molecular complexity index is 1280. The normalized spacial score (nSPS) is 19.9. The molecule has 11 nitrogen and oxygen atoms in total. The first-order chi connectivity index (χ1) is 19.1. The molecule has 3 heterocycles. The van der Waals surface area contributed by atoms with E-state index in [0.29, 0.717) is 17.0 Å². The summed E-state index contributed by atoms with van der Waals surface area (Å²) in [6, 6.07) is 3.53. The number of anilines is 5. The highest BCUT2D eigenvalue weighted by Crippen LogP contribution is 2.41. The van der Waals surface area contributed by atoms with Gasteiger partial charge < -0.3 is 35.0 Å². The van der Waals surface area contributed by atoms with E-state index in [9.17, 15) is 18.4 Å². The molecule has 1 saturated carbocycles. The fourth-order valence-electron chi connectivity index (χ4n) is 5.70. The molecule has 0 radical (unpaired) electrons. The maximum absolute atomic E-state index is 15.0. The zero-order chi connectivity index (χ0) is 28.6. The van der Waals surface area contributed by atoms with Crippen LogP contribution in [0.25, 0.3) is 0 Å². The van der Waals surface area contributed by atoms with Crippen LogP contribution < -0.4 is 30.1 Å². The Labute approximate surface area is 232 Å². The fraction of sp³-hybridized carbons (Fsp3) is 0.556. The number of piperazine rings is 1. The molecule has 1 aliphatic carbocycles. The number of rotatable bonds is 6. The van der Waals surface area contributed by atoms with Gasteiger partial charge in [-0.25, -0.2) is 4.98 Å². The van der Waals surface area contributed by atoms with Crippen LogP contribution in [0.2, 0.25) is 0 Å². The number of methoxy groups -OCH3 is 1. The van der Waals surface area contributed by atoms with E-state index in [1.165, 1.54) is 20.4 Å². The van der Waals surface area contributed by atoms with Crippen LogP contribution in [-0.2, 0) is 4.79 Å². The Hall–Kier alpha value is -3.74. The zero-order valence-corrected chi connectivity index (χ0v) is 23.3. The van der Waals surface area contributed by atoms with Crippen molar-refractivity contribution < 1.29 is 23.1 Å². The van der Waals surface area contributed by atoms with Crippen LogP contribution >= 0.6 is 0 Å². The van der Waals surface area contributed by atoms with Crippen molar-refractivity contribution in [1.82, 2.24) is 20.2 Å². The first kappa shape index (κ1) is 27.8. The number of aromatic nitrogens is 2. The lowest BCUT2D eigenvalue weighted by Crippen LogP contribution is -2.48. The van der Waals surface area contributed by atoms with Gasteiger partial charge in [-0.05, 0) is 32.0 Å². The van der Waals surface area contributed by atoms with Crippen LogP contribution in [0.3, 0.4) is 0 Å². The molecule has 1 aromatic carbocycles. The van der Waals surface area contributed by atoms with Gasteiger partial charge in [-0.3, -0.25) is 9.59 Å². The maximum atomic E-state index is 15.0. The number of likely N-dealkylation sites (N-methyl/N-ethyl adjacent to an activating group) is 1. The molecule has 40 heavy (non-hydrogen) atoms. The van der Waals surface area contributed by atoms with Crippen molar-refractivity contribution in [3.8, 4) is 5.75 Å². The Morgan fingerprint density at radius 1 is 1.12 bits per heavy atom. The Balaban J connectivity index is 1.56. The van der Waals surface area contributed by atoms with E-state index in [1.807, 2.05) is 6.07 Å². The van der Waals surface area contributed by atoms with Crippen LogP contribution in [0, 0.1) is 0 Å². The standard InChI is InChI=1S/C27H36F2N8O3/c1-30-24(38)19-13-18(36-11-9-34(2)10-12-36)14-20(22(19)40-4)32-26-31-15-21-23(33-26)37(17-7-5-6-8-17)16-27(28,29)25(39)35(21)3/h13-15,17H,5-12,16H2,1-4H3,(H,30,38)(H,31,32,33). The molecule has 2 aliphatic heterocycles. The maximum Gasteiger partial charge on any atom is 0.342 e. The molecular weight excluding hydrogens is 522 g/mol. The van der Waals surface area contributed by atoms with Gasteiger partial charge in [0, 0.05) is 52.0 Å². The van der Waals surface area contributed by atoms with E-state index in [4.69, 9.17) is 4.74 Å². The highest BCUT2D eigenvalue weighted by Gasteiger charge is 2.48. The van der Waals surface area contributed by atoms with Gasteiger partial charge in [0.1, 0.15) is 5.69 Å². The SMILES string of the molecule is CNC(=O)c1cc(N2CCN(C)CC2)cc(Nc2ncc3c(n2)N(C2CCCC2)CC(F)(F)C(=O)N3C)c1OC. The Morgan fingerprint density at radius 3 is 2.48 bits per heavy atom. The van der Waals surface area contributed by atoms with Crippen LogP contribution in [0.5, 0.6) is 5.75 Å². The molecule has 5 rings (SSSR count). The van der Waals surface area contributed by atoms with E-state index in [0.717, 1.165) is 62.4 Å². The average molecular weight is 559 g/mol. The van der Waals surface area contributed by atoms with Crippen molar-refractivity contribution in [3.05, 3.63) is 23.9 Å². The van der Waals surface area contributed by atoms with Gasteiger partial charge in [-0.15, -0.1) is 0 Å². The first-order valence-corrected chi connectivity index (χ1v) is 13.6. The second kappa shape index (κ2) is 11.0. The Kier molecular flexibility index (Phi) is 7.67. The van der Waals surface area contributed by atoms with Crippen LogP contribution in [0.4, 0.5) is 37.6 Å². The number of alkyl halides is 2. The number of fused-ring (bicyclic) bond motifs is 1. The molecule has 2 fully saturated rings. The number of carbonyl (C=O) groups excluding carboxylic acids is 2. The molecule has 1 saturated heterocycles. The van der Waals surface area contributed by atoms with Gasteiger partial charge in [0.15, 0.2) is 11.6 Å². The third kappa shape index (κ3) is 5.21. The van der Waals surface area contributed by atoms with Gasteiger partial charge in [0.2, 0.25) is 5.95 Å². The molecule has 2 N–H and O–H groups in total. The van der Waals surface area contributed by atoms with Crippen molar-refractivity contribution in [2.24, 2.45) is 0 Å². The molecule has 2 amide bonds. The first-order valence-electron chi connectivity index (χ1n) is 13.6. The summed E-state index contributed by atoms with van der Waals surface area (Å²) in [6.45, 7) is 2.59. The summed E-state index contributed by atoms with van der Waals surface area (Å²) in [7, 11) is 6.42. The van der Waals surface area contributed by atoms with Gasteiger partial charge in [-0.2, -0.15) is 13.8 Å². The smallest absolute Gasteiger partial charge is 0.342 e. The number of nitrogens with zero attached hydrogens (tertiary/aromatic N) is 6. The minimum Gasteiger partial charge on any atom is -0.494 e. The predicted octanol–water partition coefficient (Wildman–Crippen LogP) is 2.70. The van der Waals surface area contributed by atoms with Gasteiger partial charge in [-0.1, -0.05) is 12.8 Å². The number of ether oxygens (including phenoxy) is 1. The number of benzene rings is 1. The number of carbonyl (C=O) groups is 2. The quantitative estimate of drug-likeness (QED) is 0.554. The molecule has 0 unspecified atom stereocenters. The molecule has 3 aliphatic rings. The number of halogens is 2. The van der Waals surface area contributed by atoms with Crippen molar-refractivity contribution in [2.75, 3.05) is 81.0 Å². The highest BCUT2D eigenvalue weighted by molar-refractivity contribution is 6.02. The van der Waals surface area contributed by atoms with Crippen LogP contribution in [-0.4, -0.2) is 99.6 Å². The molecule has 2 aromatic rings. The lowest BCUT2D eigenvalue weighted by molar-refractivity contribution is -0.140. The second-order valence-corrected chi connectivity index (χ2v) is 10.6. The van der Waals surface area contributed by atoms with Crippen molar-refractivity contribution >= 4 is 40.6 Å². The molecule has 0 atom stereocenters.